The molecule has 0 saturated carbocycles. The average Bonchev–Trinajstić information content (AvgIpc) is 2.96. The lowest BCUT2D eigenvalue weighted by Crippen LogP contribution is -1.98. The number of nitrogens with zero attached hydrogens (tertiary/aromatic N) is 3. The van der Waals surface area contributed by atoms with Crippen LogP contribution < -0.4 is 5.32 Å². The molecule has 5 nitrogen and oxygen atoms in total. The number of imidazole rings is 1. The Bertz CT molecular complexity index is 1060. The maximum absolute atomic E-state index is 9.56. The number of rotatable bonds is 3. The van der Waals surface area contributed by atoms with Crippen LogP contribution in [0.4, 0.5) is 11.5 Å². The lowest BCUT2D eigenvalue weighted by atomic mass is 10.1. The summed E-state index contributed by atoms with van der Waals surface area (Å²) in [5, 5.41) is 13.6. The number of hydrogen-bond acceptors (Lipinski definition) is 4. The summed E-state index contributed by atoms with van der Waals surface area (Å²) in [6, 6.07) is 14.5. The Morgan fingerprint density at radius 2 is 1.92 bits per heavy atom. The molecule has 2 aromatic heterocycles. The van der Waals surface area contributed by atoms with Crippen LogP contribution in [-0.4, -0.2) is 19.5 Å². The van der Waals surface area contributed by atoms with E-state index >= 15 is 0 Å². The van der Waals surface area contributed by atoms with Crippen molar-refractivity contribution in [3.63, 3.8) is 0 Å². The van der Waals surface area contributed by atoms with Crippen molar-refractivity contribution >= 4 is 28.8 Å². The minimum absolute atomic E-state index is 0.217. The SMILES string of the molecule is Cc1nccn2c(Nc3cccc(Cl)c3)c(-c3ccc(O)cc3)nc12. The molecule has 0 unspecified atom stereocenters. The molecule has 0 aliphatic heterocycles. The van der Waals surface area contributed by atoms with Crippen LogP contribution in [0.3, 0.4) is 0 Å². The summed E-state index contributed by atoms with van der Waals surface area (Å²) < 4.78 is 1.96. The molecule has 6 heteroatoms. The van der Waals surface area contributed by atoms with E-state index in [1.165, 1.54) is 0 Å². The Morgan fingerprint density at radius 1 is 1.12 bits per heavy atom. The average molecular weight is 351 g/mol. The number of aromatic nitrogens is 3. The first kappa shape index (κ1) is 15.5. The van der Waals surface area contributed by atoms with Crippen molar-refractivity contribution in [2.75, 3.05) is 5.32 Å². The Hall–Kier alpha value is -3.05. The van der Waals surface area contributed by atoms with Crippen LogP contribution in [0.15, 0.2) is 60.9 Å². The van der Waals surface area contributed by atoms with Crippen molar-refractivity contribution in [2.45, 2.75) is 6.92 Å². The van der Waals surface area contributed by atoms with Crippen LogP contribution in [0.1, 0.15) is 5.69 Å². The van der Waals surface area contributed by atoms with Gasteiger partial charge in [-0.25, -0.2) is 4.98 Å². The quantitative estimate of drug-likeness (QED) is 0.556. The molecule has 0 amide bonds. The zero-order valence-corrected chi connectivity index (χ0v) is 14.2. The topological polar surface area (TPSA) is 62.5 Å². The second-order valence-electron chi connectivity index (χ2n) is 5.70. The van der Waals surface area contributed by atoms with E-state index in [-0.39, 0.29) is 5.75 Å². The summed E-state index contributed by atoms with van der Waals surface area (Å²) in [7, 11) is 0. The predicted molar refractivity (Wildman–Crippen MR) is 99.6 cm³/mol. The largest absolute Gasteiger partial charge is 0.508 e. The molecule has 0 aliphatic rings. The first-order valence-electron chi connectivity index (χ1n) is 7.77. The lowest BCUT2D eigenvalue weighted by Gasteiger charge is -2.09. The summed E-state index contributed by atoms with van der Waals surface area (Å²) in [6.07, 6.45) is 3.61. The maximum Gasteiger partial charge on any atom is 0.160 e. The highest BCUT2D eigenvalue weighted by atomic mass is 35.5. The Kier molecular flexibility index (Phi) is 3.78. The van der Waals surface area contributed by atoms with Crippen molar-refractivity contribution in [2.24, 2.45) is 0 Å². The number of aromatic hydroxyl groups is 1. The van der Waals surface area contributed by atoms with Gasteiger partial charge in [0.25, 0.3) is 0 Å². The molecule has 0 bridgehead atoms. The molecular weight excluding hydrogens is 336 g/mol. The zero-order valence-electron chi connectivity index (χ0n) is 13.4. The van der Waals surface area contributed by atoms with Crippen molar-refractivity contribution in [3.05, 3.63) is 71.6 Å². The van der Waals surface area contributed by atoms with Gasteiger partial charge in [-0.2, -0.15) is 0 Å². The van der Waals surface area contributed by atoms with Crippen LogP contribution in [-0.2, 0) is 0 Å². The van der Waals surface area contributed by atoms with E-state index in [9.17, 15) is 5.11 Å². The highest BCUT2D eigenvalue weighted by molar-refractivity contribution is 6.30. The number of fused-ring (bicyclic) bond motifs is 1. The van der Waals surface area contributed by atoms with E-state index in [0.717, 1.165) is 34.1 Å². The molecule has 25 heavy (non-hydrogen) atoms. The molecule has 0 saturated heterocycles. The van der Waals surface area contributed by atoms with Gasteiger partial charge in [0.1, 0.15) is 17.3 Å². The summed E-state index contributed by atoms with van der Waals surface area (Å²) in [5.74, 6) is 1.03. The number of nitrogens with one attached hydrogen (secondary N) is 1. The molecule has 4 rings (SSSR count). The summed E-state index contributed by atoms with van der Waals surface area (Å²) >= 11 is 6.10. The Balaban J connectivity index is 1.92. The number of halogens is 1. The molecule has 0 spiro atoms. The van der Waals surface area contributed by atoms with Gasteiger partial charge in [-0.3, -0.25) is 9.38 Å². The summed E-state index contributed by atoms with van der Waals surface area (Å²) in [5.41, 5.74) is 4.14. The van der Waals surface area contributed by atoms with Crippen molar-refractivity contribution < 1.29 is 5.11 Å². The third-order valence-corrected chi connectivity index (χ3v) is 4.18. The van der Waals surface area contributed by atoms with Gasteiger partial charge in [0, 0.05) is 28.7 Å². The Labute approximate surface area is 149 Å². The molecule has 0 radical (unpaired) electrons. The van der Waals surface area contributed by atoms with Crippen LogP contribution in [0, 0.1) is 6.92 Å². The zero-order chi connectivity index (χ0) is 17.4. The second-order valence-corrected chi connectivity index (χ2v) is 6.13. The lowest BCUT2D eigenvalue weighted by molar-refractivity contribution is 0.475. The van der Waals surface area contributed by atoms with Gasteiger partial charge in [0.05, 0.1) is 5.69 Å². The van der Waals surface area contributed by atoms with Crippen LogP contribution in [0.5, 0.6) is 5.75 Å². The van der Waals surface area contributed by atoms with E-state index < -0.39 is 0 Å². The van der Waals surface area contributed by atoms with E-state index in [0.29, 0.717) is 5.02 Å². The fraction of sp³-hybridized carbons (Fsp3) is 0.0526. The number of aryl methyl sites for hydroxylation is 1. The molecule has 0 atom stereocenters. The predicted octanol–water partition coefficient (Wildman–Crippen LogP) is 4.81. The monoisotopic (exact) mass is 350 g/mol. The van der Waals surface area contributed by atoms with Crippen LogP contribution in [0.25, 0.3) is 16.9 Å². The van der Waals surface area contributed by atoms with Gasteiger partial charge in [-0.05, 0) is 49.4 Å². The summed E-state index contributed by atoms with van der Waals surface area (Å²) in [6.45, 7) is 1.92. The smallest absolute Gasteiger partial charge is 0.160 e. The normalized spacial score (nSPS) is 11.0. The third-order valence-electron chi connectivity index (χ3n) is 3.95. The number of anilines is 2. The first-order valence-corrected chi connectivity index (χ1v) is 8.15. The van der Waals surface area contributed by atoms with Gasteiger partial charge in [0.2, 0.25) is 0 Å². The van der Waals surface area contributed by atoms with Crippen molar-refractivity contribution in [1.29, 1.82) is 0 Å². The van der Waals surface area contributed by atoms with E-state index in [1.54, 1.807) is 18.3 Å². The second kappa shape index (κ2) is 6.11. The Morgan fingerprint density at radius 3 is 2.68 bits per heavy atom. The van der Waals surface area contributed by atoms with Gasteiger partial charge in [-0.1, -0.05) is 17.7 Å². The van der Waals surface area contributed by atoms with Crippen molar-refractivity contribution in [1.82, 2.24) is 14.4 Å². The number of benzene rings is 2. The molecule has 2 aromatic carbocycles. The number of hydrogen-bond donors (Lipinski definition) is 2. The first-order chi connectivity index (χ1) is 12.1. The molecule has 2 heterocycles. The molecular formula is C19H15ClN4O. The molecule has 4 aromatic rings. The molecule has 2 N–H and O–H groups in total. The summed E-state index contributed by atoms with van der Waals surface area (Å²) in [4.78, 5) is 9.07. The molecule has 0 fully saturated rings. The van der Waals surface area contributed by atoms with Gasteiger partial charge in [-0.15, -0.1) is 0 Å². The minimum Gasteiger partial charge on any atom is -0.508 e. The highest BCUT2D eigenvalue weighted by Crippen LogP contribution is 2.32. The van der Waals surface area contributed by atoms with Gasteiger partial charge >= 0.3 is 0 Å². The van der Waals surface area contributed by atoms with E-state index in [2.05, 4.69) is 10.3 Å². The third kappa shape index (κ3) is 2.90. The minimum atomic E-state index is 0.217. The number of phenolic OH excluding ortho intramolecular Hbond substituents is 1. The maximum atomic E-state index is 9.56. The molecule has 124 valence electrons. The number of phenols is 1. The highest BCUT2D eigenvalue weighted by Gasteiger charge is 2.16. The standard InChI is InChI=1S/C19H15ClN4O/c1-12-18-23-17(13-5-7-16(25)8-6-13)19(24(18)10-9-21-12)22-15-4-2-3-14(20)11-15/h2-11,22,25H,1H3. The van der Waals surface area contributed by atoms with Gasteiger partial charge in [0.15, 0.2) is 5.65 Å². The van der Waals surface area contributed by atoms with Crippen LogP contribution in [0.2, 0.25) is 5.02 Å². The molecule has 0 aliphatic carbocycles. The fourth-order valence-corrected chi connectivity index (χ4v) is 2.94. The van der Waals surface area contributed by atoms with E-state index in [4.69, 9.17) is 16.6 Å². The van der Waals surface area contributed by atoms with Gasteiger partial charge < -0.3 is 10.4 Å². The van der Waals surface area contributed by atoms with Crippen LogP contribution >= 0.6 is 11.6 Å². The fourth-order valence-electron chi connectivity index (χ4n) is 2.75. The van der Waals surface area contributed by atoms with Crippen molar-refractivity contribution in [3.8, 4) is 17.0 Å². The van der Waals surface area contributed by atoms with E-state index in [1.807, 2.05) is 53.9 Å².